The number of aliphatic hydroxyl groups excluding tert-OH is 5. The van der Waals surface area contributed by atoms with Gasteiger partial charge in [0.2, 0.25) is 0 Å². The first-order chi connectivity index (χ1) is 20.4. The first-order valence-corrected chi connectivity index (χ1v) is 17.0. The normalized spacial score (nSPS) is 55.1. The summed E-state index contributed by atoms with van der Waals surface area (Å²) in [4.78, 5) is 13.0. The van der Waals surface area contributed by atoms with Gasteiger partial charge in [-0.3, -0.25) is 4.79 Å². The smallest absolute Gasteiger partial charge is 0.312 e. The monoisotopic (exact) mass is 620 g/mol. The highest BCUT2D eigenvalue weighted by Crippen LogP contribution is 2.76. The summed E-state index contributed by atoms with van der Waals surface area (Å²) >= 11 is 0. The first-order valence-electron chi connectivity index (χ1n) is 17.0. The van der Waals surface area contributed by atoms with Crippen molar-refractivity contribution in [1.82, 2.24) is 0 Å². The number of hydrogen-bond donors (Lipinski definition) is 6. The Morgan fingerprint density at radius 2 is 1.64 bits per heavy atom. The molecular weight excluding hydrogens is 564 g/mol. The summed E-state index contributed by atoms with van der Waals surface area (Å²) in [5.41, 5.74) is -1.15. The van der Waals surface area contributed by atoms with Crippen molar-refractivity contribution in [3.8, 4) is 0 Å². The van der Waals surface area contributed by atoms with Gasteiger partial charge in [-0.1, -0.05) is 53.2 Å². The third kappa shape index (κ3) is 4.25. The molecule has 0 unspecified atom stereocenters. The van der Waals surface area contributed by atoms with Gasteiger partial charge in [0, 0.05) is 5.41 Å². The molecule has 0 spiro atoms. The summed E-state index contributed by atoms with van der Waals surface area (Å²) in [5.74, 6) is -0.665. The molecule has 250 valence electrons. The third-order valence-corrected chi connectivity index (χ3v) is 14.9. The van der Waals surface area contributed by atoms with Crippen LogP contribution in [0.4, 0.5) is 0 Å². The van der Waals surface area contributed by atoms with Crippen LogP contribution in [0.15, 0.2) is 11.6 Å². The SMILES string of the molecule is CC1(C)CC[C@]2(C(=O)O)[C@H](O)C[C@]3(C)C(=CC[C@@H]4[C@@]5(C)CC[C@H](O[C@@H]6OC[C@H](O)[C@H](O)[C@H]6O)[C@@](C)(CO)[C@H]5CC[C@]43C)[C@H]2C1. The number of carboxylic acid groups (broad SMARTS) is 1. The molecule has 0 aromatic carbocycles. The van der Waals surface area contributed by atoms with Crippen LogP contribution in [-0.4, -0.2) is 86.6 Å². The van der Waals surface area contributed by atoms with E-state index in [2.05, 4.69) is 47.6 Å². The van der Waals surface area contributed by atoms with E-state index < -0.39 is 53.6 Å². The molecule has 9 nitrogen and oxygen atoms in total. The minimum Gasteiger partial charge on any atom is -0.481 e. The number of carboxylic acids is 1. The van der Waals surface area contributed by atoms with E-state index in [0.29, 0.717) is 19.3 Å². The maximum absolute atomic E-state index is 13.0. The molecule has 6 rings (SSSR count). The van der Waals surface area contributed by atoms with Crippen molar-refractivity contribution >= 4 is 5.97 Å². The van der Waals surface area contributed by atoms with Crippen LogP contribution in [0.2, 0.25) is 0 Å². The van der Waals surface area contributed by atoms with Crippen LogP contribution in [0.3, 0.4) is 0 Å². The lowest BCUT2D eigenvalue weighted by Gasteiger charge is -2.71. The Morgan fingerprint density at radius 3 is 2.30 bits per heavy atom. The molecule has 1 aliphatic heterocycles. The Morgan fingerprint density at radius 1 is 0.932 bits per heavy atom. The molecule has 4 saturated carbocycles. The lowest BCUT2D eigenvalue weighted by molar-refractivity contribution is -0.313. The van der Waals surface area contributed by atoms with Gasteiger partial charge in [-0.05, 0) is 97.2 Å². The number of aliphatic hydroxyl groups is 5. The Labute approximate surface area is 262 Å². The van der Waals surface area contributed by atoms with Crippen LogP contribution in [0, 0.1) is 50.2 Å². The van der Waals surface area contributed by atoms with Crippen LogP contribution >= 0.6 is 0 Å². The standard InChI is InChI=1S/C35H56O9/c1-30(2)13-14-35(29(41)42)20(15-30)19-7-8-23-31(3)11-10-25(44-28-27(40)26(39)21(37)17-43-28)32(4,18-36)22(31)9-12-33(23,5)34(19,6)16-24(35)38/h7,20-28,36-40H,8-18H2,1-6H3,(H,41,42)/t20-,21+,22+,23-,24-,25+,26+,27-,28+,31+,32+,33-,34-,35-/m1/s1. The maximum atomic E-state index is 13.0. The van der Waals surface area contributed by atoms with Crippen molar-refractivity contribution in [1.29, 1.82) is 0 Å². The molecule has 14 atom stereocenters. The quantitative estimate of drug-likeness (QED) is 0.204. The van der Waals surface area contributed by atoms with Crippen LogP contribution in [0.1, 0.15) is 99.3 Å². The second kappa shape index (κ2) is 10.5. The van der Waals surface area contributed by atoms with Gasteiger partial charge < -0.3 is 40.1 Å². The fraction of sp³-hybridized carbons (Fsp3) is 0.914. The molecule has 9 heteroatoms. The fourth-order valence-corrected chi connectivity index (χ4v) is 12.0. The van der Waals surface area contributed by atoms with E-state index in [1.807, 2.05) is 0 Å². The Kier molecular flexibility index (Phi) is 7.81. The molecule has 0 amide bonds. The van der Waals surface area contributed by atoms with E-state index in [4.69, 9.17) is 9.47 Å². The maximum Gasteiger partial charge on any atom is 0.312 e. The number of rotatable bonds is 4. The van der Waals surface area contributed by atoms with E-state index in [0.717, 1.165) is 38.5 Å². The third-order valence-electron chi connectivity index (χ3n) is 14.9. The minimum absolute atomic E-state index is 0.00883. The largest absolute Gasteiger partial charge is 0.481 e. The molecule has 0 radical (unpaired) electrons. The van der Waals surface area contributed by atoms with Gasteiger partial charge in [0.05, 0.1) is 25.4 Å². The van der Waals surface area contributed by atoms with Crippen LogP contribution in [0.5, 0.6) is 0 Å². The van der Waals surface area contributed by atoms with Gasteiger partial charge in [0.25, 0.3) is 0 Å². The summed E-state index contributed by atoms with van der Waals surface area (Å²) < 4.78 is 12.0. The van der Waals surface area contributed by atoms with E-state index >= 15 is 0 Å². The zero-order valence-electron chi connectivity index (χ0n) is 27.5. The lowest BCUT2D eigenvalue weighted by Crippen LogP contribution is -2.68. The van der Waals surface area contributed by atoms with Crippen molar-refractivity contribution in [3.63, 3.8) is 0 Å². The van der Waals surface area contributed by atoms with Crippen molar-refractivity contribution in [3.05, 3.63) is 11.6 Å². The summed E-state index contributed by atoms with van der Waals surface area (Å²) in [6, 6.07) is 0. The Balaban J connectivity index is 1.34. The number of allylic oxidation sites excluding steroid dienone is 2. The number of hydrogen-bond acceptors (Lipinski definition) is 8. The van der Waals surface area contributed by atoms with Gasteiger partial charge in [-0.25, -0.2) is 0 Å². The Bertz CT molecular complexity index is 1190. The average molecular weight is 621 g/mol. The summed E-state index contributed by atoms with van der Waals surface area (Å²) in [7, 11) is 0. The van der Waals surface area contributed by atoms with Gasteiger partial charge >= 0.3 is 5.97 Å². The van der Waals surface area contributed by atoms with E-state index in [1.165, 1.54) is 5.57 Å². The number of fused-ring (bicyclic) bond motifs is 7. The molecule has 6 aliphatic rings. The molecule has 0 aromatic rings. The van der Waals surface area contributed by atoms with E-state index in [1.54, 1.807) is 0 Å². The zero-order valence-corrected chi connectivity index (χ0v) is 27.5. The average Bonchev–Trinajstić information content (AvgIpc) is 2.94. The first kappa shape index (κ1) is 32.9. The van der Waals surface area contributed by atoms with Gasteiger partial charge in [0.15, 0.2) is 6.29 Å². The molecule has 6 N–H and O–H groups in total. The van der Waals surface area contributed by atoms with Crippen molar-refractivity contribution in [2.24, 2.45) is 50.2 Å². The highest BCUT2D eigenvalue weighted by Gasteiger charge is 2.71. The van der Waals surface area contributed by atoms with E-state index in [9.17, 15) is 35.4 Å². The molecule has 1 heterocycles. The molecule has 5 aliphatic carbocycles. The second-order valence-electron chi connectivity index (χ2n) is 17.4. The van der Waals surface area contributed by atoms with Gasteiger partial charge in [0.1, 0.15) is 23.7 Å². The van der Waals surface area contributed by atoms with Crippen LogP contribution in [-0.2, 0) is 14.3 Å². The van der Waals surface area contributed by atoms with Gasteiger partial charge in [-0.15, -0.1) is 0 Å². The van der Waals surface area contributed by atoms with Crippen molar-refractivity contribution in [2.75, 3.05) is 13.2 Å². The number of ether oxygens (including phenoxy) is 2. The predicted octanol–water partition coefficient (Wildman–Crippen LogP) is 3.64. The molecule has 44 heavy (non-hydrogen) atoms. The lowest BCUT2D eigenvalue weighted by atomic mass is 9.33. The van der Waals surface area contributed by atoms with Crippen molar-refractivity contribution < 1.29 is 44.9 Å². The molecular formula is C35H56O9. The molecule has 0 aromatic heterocycles. The second-order valence-corrected chi connectivity index (χ2v) is 17.4. The summed E-state index contributed by atoms with van der Waals surface area (Å²) in [6.45, 7) is 13.4. The molecule has 5 fully saturated rings. The Hall–Kier alpha value is -1.07. The van der Waals surface area contributed by atoms with Crippen LogP contribution < -0.4 is 0 Å². The topological polar surface area (TPSA) is 157 Å². The van der Waals surface area contributed by atoms with Crippen LogP contribution in [0.25, 0.3) is 0 Å². The molecule has 0 bridgehead atoms. The summed E-state index contributed by atoms with van der Waals surface area (Å²) in [5, 5.41) is 64.2. The zero-order chi connectivity index (χ0) is 32.3. The predicted molar refractivity (Wildman–Crippen MR) is 162 cm³/mol. The number of aliphatic carboxylic acids is 1. The molecule has 1 saturated heterocycles. The number of carbonyl (C=O) groups is 1. The van der Waals surface area contributed by atoms with Gasteiger partial charge in [-0.2, -0.15) is 0 Å². The highest BCUT2D eigenvalue weighted by molar-refractivity contribution is 5.77. The summed E-state index contributed by atoms with van der Waals surface area (Å²) in [6.07, 6.45) is 2.66. The fourth-order valence-electron chi connectivity index (χ4n) is 12.0. The van der Waals surface area contributed by atoms with E-state index in [-0.39, 0.29) is 52.6 Å². The highest BCUT2D eigenvalue weighted by atomic mass is 16.7. The van der Waals surface area contributed by atoms with Crippen molar-refractivity contribution in [2.45, 2.75) is 136 Å². The minimum atomic E-state index is -1.38.